The van der Waals surface area contributed by atoms with Crippen LogP contribution in [-0.2, 0) is 0 Å². The first-order valence-corrected chi connectivity index (χ1v) is 4.39. The molecule has 1 nitrogen and oxygen atoms in total. The maximum Gasteiger partial charge on any atom is 0.0370 e. The van der Waals surface area contributed by atoms with E-state index in [0.717, 1.165) is 0 Å². The molecule has 2 heteroatoms. The highest BCUT2D eigenvalue weighted by atomic mass is 79.9. The van der Waals surface area contributed by atoms with Crippen molar-refractivity contribution in [1.29, 1.82) is 0 Å². The Morgan fingerprint density at radius 1 is 1.18 bits per heavy atom. The summed E-state index contributed by atoms with van der Waals surface area (Å²) in [6.45, 7) is 4.18. The molecule has 1 rings (SSSR count). The van der Waals surface area contributed by atoms with E-state index in [1.54, 1.807) is 0 Å². The summed E-state index contributed by atoms with van der Waals surface area (Å²) in [5, 5.41) is 3.14. The fourth-order valence-electron chi connectivity index (χ4n) is 1.05. The Hall–Kier alpha value is -0.500. The van der Waals surface area contributed by atoms with Crippen LogP contribution in [0, 0.1) is 13.8 Å². The van der Waals surface area contributed by atoms with Crippen molar-refractivity contribution in [2.75, 3.05) is 12.4 Å². The molecule has 0 aliphatic heterocycles. The molecule has 1 aromatic rings. The lowest BCUT2D eigenvalue weighted by molar-refractivity contribution is 1.34. The van der Waals surface area contributed by atoms with Gasteiger partial charge in [0.2, 0.25) is 0 Å². The van der Waals surface area contributed by atoms with Gasteiger partial charge in [0.25, 0.3) is 0 Å². The normalized spacial score (nSPS) is 9.82. The number of hydrogen-bond donors (Lipinski definition) is 1. The standard InChI is InChI=1S/C9H12BrN/c1-6-5-9(11-3)7(2)4-8(6)10/h4-5,11H,1-3H3. The Bertz CT molecular complexity index is 269. The molecule has 0 bridgehead atoms. The van der Waals surface area contributed by atoms with Crippen LogP contribution in [0.1, 0.15) is 11.1 Å². The minimum Gasteiger partial charge on any atom is -0.388 e. The van der Waals surface area contributed by atoms with E-state index in [1.807, 2.05) is 7.05 Å². The van der Waals surface area contributed by atoms with E-state index in [4.69, 9.17) is 0 Å². The van der Waals surface area contributed by atoms with Gasteiger partial charge in [0, 0.05) is 17.2 Å². The first-order chi connectivity index (χ1) is 5.15. The molecule has 0 amide bonds. The Labute approximate surface area is 75.9 Å². The first-order valence-electron chi connectivity index (χ1n) is 3.59. The summed E-state index contributed by atoms with van der Waals surface area (Å²) in [6, 6.07) is 4.26. The lowest BCUT2D eigenvalue weighted by atomic mass is 10.1. The molecule has 60 valence electrons. The van der Waals surface area contributed by atoms with Crippen molar-refractivity contribution in [3.63, 3.8) is 0 Å². The predicted octanol–water partition coefficient (Wildman–Crippen LogP) is 3.11. The minimum atomic E-state index is 1.18. The number of benzene rings is 1. The zero-order chi connectivity index (χ0) is 8.43. The first kappa shape index (κ1) is 8.60. The molecule has 0 unspecified atom stereocenters. The number of rotatable bonds is 1. The maximum atomic E-state index is 3.48. The lowest BCUT2D eigenvalue weighted by Gasteiger charge is -2.07. The fraction of sp³-hybridized carbons (Fsp3) is 0.333. The van der Waals surface area contributed by atoms with E-state index in [1.165, 1.54) is 21.3 Å². The summed E-state index contributed by atoms with van der Waals surface area (Å²) >= 11 is 3.48. The van der Waals surface area contributed by atoms with Crippen molar-refractivity contribution in [3.05, 3.63) is 27.7 Å². The van der Waals surface area contributed by atoms with Gasteiger partial charge in [-0.05, 0) is 37.1 Å². The summed E-state index contributed by atoms with van der Waals surface area (Å²) in [6.07, 6.45) is 0. The van der Waals surface area contributed by atoms with E-state index >= 15 is 0 Å². The molecule has 0 spiro atoms. The summed E-state index contributed by atoms with van der Waals surface area (Å²) < 4.78 is 1.18. The zero-order valence-electron chi connectivity index (χ0n) is 7.03. The van der Waals surface area contributed by atoms with E-state index in [2.05, 4.69) is 47.2 Å². The van der Waals surface area contributed by atoms with Crippen molar-refractivity contribution >= 4 is 21.6 Å². The van der Waals surface area contributed by atoms with Gasteiger partial charge in [-0.2, -0.15) is 0 Å². The molecule has 0 heterocycles. The number of hydrogen-bond acceptors (Lipinski definition) is 1. The lowest BCUT2D eigenvalue weighted by Crippen LogP contribution is -1.92. The largest absolute Gasteiger partial charge is 0.388 e. The molecule has 1 N–H and O–H groups in total. The Kier molecular flexibility index (Phi) is 2.55. The second kappa shape index (κ2) is 3.26. The average Bonchev–Trinajstić information content (AvgIpc) is 1.97. The van der Waals surface area contributed by atoms with Crippen LogP contribution in [0.2, 0.25) is 0 Å². The molecule has 0 saturated heterocycles. The average molecular weight is 214 g/mol. The molecule has 0 saturated carbocycles. The Morgan fingerprint density at radius 2 is 1.82 bits per heavy atom. The van der Waals surface area contributed by atoms with Crippen molar-refractivity contribution in [2.45, 2.75) is 13.8 Å². The highest BCUT2D eigenvalue weighted by molar-refractivity contribution is 9.10. The Morgan fingerprint density at radius 3 is 2.36 bits per heavy atom. The van der Waals surface area contributed by atoms with E-state index < -0.39 is 0 Å². The van der Waals surface area contributed by atoms with Gasteiger partial charge in [-0.25, -0.2) is 0 Å². The van der Waals surface area contributed by atoms with E-state index in [0.29, 0.717) is 0 Å². The van der Waals surface area contributed by atoms with E-state index in [9.17, 15) is 0 Å². The summed E-state index contributed by atoms with van der Waals surface area (Å²) in [5.74, 6) is 0. The summed E-state index contributed by atoms with van der Waals surface area (Å²) in [4.78, 5) is 0. The van der Waals surface area contributed by atoms with Gasteiger partial charge >= 0.3 is 0 Å². The summed E-state index contributed by atoms with van der Waals surface area (Å²) in [5.41, 5.74) is 3.73. The maximum absolute atomic E-state index is 3.48. The van der Waals surface area contributed by atoms with Crippen LogP contribution in [0.15, 0.2) is 16.6 Å². The molecular weight excluding hydrogens is 202 g/mol. The monoisotopic (exact) mass is 213 g/mol. The molecule has 0 radical (unpaired) electrons. The van der Waals surface area contributed by atoms with Crippen LogP contribution in [0.4, 0.5) is 5.69 Å². The molecule has 0 fully saturated rings. The highest BCUT2D eigenvalue weighted by Gasteiger charge is 1.99. The third kappa shape index (κ3) is 1.74. The van der Waals surface area contributed by atoms with Gasteiger partial charge < -0.3 is 5.32 Å². The number of anilines is 1. The molecule has 0 aliphatic rings. The summed E-state index contributed by atoms with van der Waals surface area (Å²) in [7, 11) is 1.94. The number of nitrogens with one attached hydrogen (secondary N) is 1. The molecule has 1 aromatic carbocycles. The quantitative estimate of drug-likeness (QED) is 0.757. The number of aryl methyl sites for hydroxylation is 2. The highest BCUT2D eigenvalue weighted by Crippen LogP contribution is 2.23. The van der Waals surface area contributed by atoms with Crippen LogP contribution in [0.3, 0.4) is 0 Å². The second-order valence-corrected chi connectivity index (χ2v) is 3.52. The van der Waals surface area contributed by atoms with Gasteiger partial charge in [0.1, 0.15) is 0 Å². The van der Waals surface area contributed by atoms with Crippen LogP contribution in [0.25, 0.3) is 0 Å². The third-order valence-electron chi connectivity index (χ3n) is 1.77. The topological polar surface area (TPSA) is 12.0 Å². The van der Waals surface area contributed by atoms with Gasteiger partial charge in [0.15, 0.2) is 0 Å². The fourth-order valence-corrected chi connectivity index (χ4v) is 1.51. The molecule has 0 aromatic heterocycles. The van der Waals surface area contributed by atoms with Gasteiger partial charge in [0.05, 0.1) is 0 Å². The molecular formula is C9H12BrN. The molecule has 11 heavy (non-hydrogen) atoms. The second-order valence-electron chi connectivity index (χ2n) is 2.67. The van der Waals surface area contributed by atoms with Gasteiger partial charge in [-0.3, -0.25) is 0 Å². The van der Waals surface area contributed by atoms with E-state index in [-0.39, 0.29) is 0 Å². The van der Waals surface area contributed by atoms with Crippen molar-refractivity contribution in [3.8, 4) is 0 Å². The van der Waals surface area contributed by atoms with Crippen molar-refractivity contribution in [1.82, 2.24) is 0 Å². The smallest absolute Gasteiger partial charge is 0.0370 e. The van der Waals surface area contributed by atoms with Crippen LogP contribution < -0.4 is 5.32 Å². The van der Waals surface area contributed by atoms with Crippen LogP contribution in [0.5, 0.6) is 0 Å². The minimum absolute atomic E-state index is 1.18. The third-order valence-corrected chi connectivity index (χ3v) is 2.63. The molecule has 0 atom stereocenters. The van der Waals surface area contributed by atoms with Crippen LogP contribution in [-0.4, -0.2) is 7.05 Å². The number of halogens is 1. The van der Waals surface area contributed by atoms with Gasteiger partial charge in [-0.15, -0.1) is 0 Å². The van der Waals surface area contributed by atoms with Crippen molar-refractivity contribution < 1.29 is 0 Å². The molecule has 0 aliphatic carbocycles. The Balaban J connectivity index is 3.21. The SMILES string of the molecule is CNc1cc(C)c(Br)cc1C. The zero-order valence-corrected chi connectivity index (χ0v) is 8.62. The predicted molar refractivity (Wildman–Crippen MR) is 53.2 cm³/mol. The van der Waals surface area contributed by atoms with Crippen LogP contribution >= 0.6 is 15.9 Å². The van der Waals surface area contributed by atoms with Gasteiger partial charge in [-0.1, -0.05) is 15.9 Å². The van der Waals surface area contributed by atoms with Crippen molar-refractivity contribution in [2.24, 2.45) is 0 Å².